The Bertz CT molecular complexity index is 97.6. The summed E-state index contributed by atoms with van der Waals surface area (Å²) in [6.07, 6.45) is 10.9. The molecule has 72 valence electrons. The molecule has 1 aliphatic rings. The Balaban J connectivity index is 2.23. The minimum Gasteiger partial charge on any atom is -0.328 e. The molecule has 0 amide bonds. The van der Waals surface area contributed by atoms with Crippen molar-refractivity contribution in [3.63, 3.8) is 0 Å². The maximum atomic E-state index is 5.99. The molecule has 1 rings (SSSR count). The Morgan fingerprint density at radius 1 is 0.833 bits per heavy atom. The first-order chi connectivity index (χ1) is 5.79. The van der Waals surface area contributed by atoms with Crippen molar-refractivity contribution in [3.8, 4) is 0 Å². The molecule has 0 saturated heterocycles. The third kappa shape index (κ3) is 4.10. The lowest BCUT2D eigenvalue weighted by molar-refractivity contribution is 0.390. The van der Waals surface area contributed by atoms with Crippen molar-refractivity contribution in [1.82, 2.24) is 0 Å². The van der Waals surface area contributed by atoms with Gasteiger partial charge in [-0.1, -0.05) is 39.0 Å². The predicted molar refractivity (Wildman–Crippen MR) is 54.1 cm³/mol. The second kappa shape index (κ2) is 5.58. The summed E-state index contributed by atoms with van der Waals surface area (Å²) in [6.45, 7) is 2.37. The third-order valence-corrected chi connectivity index (χ3v) is 3.05. The molecule has 2 atom stereocenters. The van der Waals surface area contributed by atoms with Crippen LogP contribution < -0.4 is 5.73 Å². The number of rotatable bonds is 0. The molecule has 0 aromatic rings. The van der Waals surface area contributed by atoms with Gasteiger partial charge in [0, 0.05) is 6.04 Å². The first-order valence-corrected chi connectivity index (χ1v) is 5.54. The topological polar surface area (TPSA) is 26.0 Å². The van der Waals surface area contributed by atoms with E-state index in [0.29, 0.717) is 6.04 Å². The van der Waals surface area contributed by atoms with Gasteiger partial charge in [0.15, 0.2) is 0 Å². The van der Waals surface area contributed by atoms with Crippen LogP contribution in [-0.2, 0) is 0 Å². The fourth-order valence-electron chi connectivity index (χ4n) is 2.04. The van der Waals surface area contributed by atoms with Gasteiger partial charge >= 0.3 is 0 Å². The van der Waals surface area contributed by atoms with E-state index in [2.05, 4.69) is 6.92 Å². The standard InChI is InChI=1S/C11H23N/c1-10-6-4-2-3-5-7-11(12)9-8-10/h10-11H,2-9,12H2,1H3. The zero-order chi connectivity index (χ0) is 8.81. The number of hydrogen-bond donors (Lipinski definition) is 1. The van der Waals surface area contributed by atoms with Crippen LogP contribution in [0.4, 0.5) is 0 Å². The molecule has 12 heavy (non-hydrogen) atoms. The minimum atomic E-state index is 0.491. The van der Waals surface area contributed by atoms with Gasteiger partial charge in [-0.2, -0.15) is 0 Å². The molecule has 2 N–H and O–H groups in total. The molecule has 0 radical (unpaired) electrons. The smallest absolute Gasteiger partial charge is 0.00389 e. The average Bonchev–Trinajstić information content (AvgIpc) is 2.07. The van der Waals surface area contributed by atoms with Crippen LogP contribution in [0.15, 0.2) is 0 Å². The summed E-state index contributed by atoms with van der Waals surface area (Å²) in [5.74, 6) is 0.911. The maximum absolute atomic E-state index is 5.99. The summed E-state index contributed by atoms with van der Waals surface area (Å²) in [7, 11) is 0. The normalized spacial score (nSPS) is 34.5. The zero-order valence-electron chi connectivity index (χ0n) is 8.39. The van der Waals surface area contributed by atoms with Gasteiger partial charge in [0.25, 0.3) is 0 Å². The van der Waals surface area contributed by atoms with Crippen LogP contribution in [-0.4, -0.2) is 6.04 Å². The van der Waals surface area contributed by atoms with E-state index in [1.807, 2.05) is 0 Å². The maximum Gasteiger partial charge on any atom is 0.00389 e. The fraction of sp³-hybridized carbons (Fsp3) is 1.00. The van der Waals surface area contributed by atoms with E-state index < -0.39 is 0 Å². The van der Waals surface area contributed by atoms with Crippen LogP contribution >= 0.6 is 0 Å². The van der Waals surface area contributed by atoms with E-state index >= 15 is 0 Å². The molecule has 0 aliphatic heterocycles. The Hall–Kier alpha value is -0.0400. The summed E-state index contributed by atoms with van der Waals surface area (Å²) in [5, 5.41) is 0. The van der Waals surface area contributed by atoms with Gasteiger partial charge in [-0.05, 0) is 25.2 Å². The highest BCUT2D eigenvalue weighted by molar-refractivity contribution is 4.66. The van der Waals surface area contributed by atoms with Crippen molar-refractivity contribution in [1.29, 1.82) is 0 Å². The molecule has 1 nitrogen and oxygen atoms in total. The highest BCUT2D eigenvalue weighted by atomic mass is 14.6. The van der Waals surface area contributed by atoms with Crippen molar-refractivity contribution in [2.75, 3.05) is 0 Å². The molecule has 0 aromatic carbocycles. The molecule has 0 spiro atoms. The van der Waals surface area contributed by atoms with E-state index in [1.165, 1.54) is 51.4 Å². The molecular weight excluding hydrogens is 146 g/mol. The van der Waals surface area contributed by atoms with Crippen LogP contribution in [0.5, 0.6) is 0 Å². The monoisotopic (exact) mass is 169 g/mol. The summed E-state index contributed by atoms with van der Waals surface area (Å²) >= 11 is 0. The zero-order valence-corrected chi connectivity index (χ0v) is 8.39. The SMILES string of the molecule is CC1CCCCCCC(N)CC1. The van der Waals surface area contributed by atoms with Gasteiger partial charge in [-0.25, -0.2) is 0 Å². The van der Waals surface area contributed by atoms with Gasteiger partial charge in [-0.3, -0.25) is 0 Å². The van der Waals surface area contributed by atoms with Crippen molar-refractivity contribution in [2.24, 2.45) is 11.7 Å². The Labute approximate surface area is 76.7 Å². The van der Waals surface area contributed by atoms with E-state index in [9.17, 15) is 0 Å². The highest BCUT2D eigenvalue weighted by Gasteiger charge is 2.08. The lowest BCUT2D eigenvalue weighted by Gasteiger charge is -2.17. The molecule has 0 heterocycles. The third-order valence-electron chi connectivity index (χ3n) is 3.05. The Morgan fingerprint density at radius 3 is 2.25 bits per heavy atom. The van der Waals surface area contributed by atoms with Crippen LogP contribution in [0.3, 0.4) is 0 Å². The second-order valence-electron chi connectivity index (χ2n) is 4.43. The summed E-state index contributed by atoms with van der Waals surface area (Å²) < 4.78 is 0. The van der Waals surface area contributed by atoms with E-state index in [4.69, 9.17) is 5.73 Å². The molecule has 1 fully saturated rings. The van der Waals surface area contributed by atoms with Crippen LogP contribution in [0.1, 0.15) is 58.3 Å². The number of nitrogens with two attached hydrogens (primary N) is 1. The summed E-state index contributed by atoms with van der Waals surface area (Å²) in [5.41, 5.74) is 5.99. The quantitative estimate of drug-likeness (QED) is 0.592. The van der Waals surface area contributed by atoms with Crippen LogP contribution in [0.25, 0.3) is 0 Å². The van der Waals surface area contributed by atoms with E-state index in [0.717, 1.165) is 5.92 Å². The molecule has 0 bridgehead atoms. The predicted octanol–water partition coefficient (Wildman–Crippen LogP) is 3.08. The van der Waals surface area contributed by atoms with Gasteiger partial charge in [0.2, 0.25) is 0 Å². The van der Waals surface area contributed by atoms with Gasteiger partial charge < -0.3 is 5.73 Å². The molecule has 1 saturated carbocycles. The van der Waals surface area contributed by atoms with Crippen molar-refractivity contribution >= 4 is 0 Å². The van der Waals surface area contributed by atoms with Crippen molar-refractivity contribution in [3.05, 3.63) is 0 Å². The molecular formula is C11H23N. The van der Waals surface area contributed by atoms with E-state index in [-0.39, 0.29) is 0 Å². The lowest BCUT2D eigenvalue weighted by atomic mass is 9.92. The first kappa shape index (κ1) is 10.0. The molecule has 1 heteroatoms. The summed E-state index contributed by atoms with van der Waals surface area (Å²) in [4.78, 5) is 0. The highest BCUT2D eigenvalue weighted by Crippen LogP contribution is 2.20. The van der Waals surface area contributed by atoms with E-state index in [1.54, 1.807) is 0 Å². The van der Waals surface area contributed by atoms with Gasteiger partial charge in [-0.15, -0.1) is 0 Å². The van der Waals surface area contributed by atoms with Crippen molar-refractivity contribution < 1.29 is 0 Å². The second-order valence-corrected chi connectivity index (χ2v) is 4.43. The first-order valence-electron chi connectivity index (χ1n) is 5.54. The van der Waals surface area contributed by atoms with Crippen LogP contribution in [0, 0.1) is 5.92 Å². The number of hydrogen-bond acceptors (Lipinski definition) is 1. The molecule has 0 aromatic heterocycles. The van der Waals surface area contributed by atoms with Crippen LogP contribution in [0.2, 0.25) is 0 Å². The lowest BCUT2D eigenvalue weighted by Crippen LogP contribution is -2.21. The minimum absolute atomic E-state index is 0.491. The molecule has 1 aliphatic carbocycles. The fourth-order valence-corrected chi connectivity index (χ4v) is 2.04. The average molecular weight is 169 g/mol. The van der Waals surface area contributed by atoms with Crippen molar-refractivity contribution in [2.45, 2.75) is 64.3 Å². The largest absolute Gasteiger partial charge is 0.328 e. The molecule has 2 unspecified atom stereocenters. The van der Waals surface area contributed by atoms with Gasteiger partial charge in [0.1, 0.15) is 0 Å². The summed E-state index contributed by atoms with van der Waals surface area (Å²) in [6, 6.07) is 0.491. The van der Waals surface area contributed by atoms with Gasteiger partial charge in [0.05, 0.1) is 0 Å². The Kier molecular flexibility index (Phi) is 4.67. The Morgan fingerprint density at radius 2 is 1.50 bits per heavy atom.